The Hall–Kier alpha value is -3.41. The van der Waals surface area contributed by atoms with Gasteiger partial charge >= 0.3 is 17.9 Å². The fourth-order valence-corrected chi connectivity index (χ4v) is 9.14. The van der Waals surface area contributed by atoms with E-state index in [2.05, 4.69) is 106 Å². The van der Waals surface area contributed by atoms with Crippen LogP contribution in [0.1, 0.15) is 316 Å². The molecule has 1 atom stereocenters. The van der Waals surface area contributed by atoms with Crippen LogP contribution in [0.3, 0.4) is 0 Å². The zero-order chi connectivity index (χ0) is 54.3. The van der Waals surface area contributed by atoms with Crippen LogP contribution < -0.4 is 0 Å². The van der Waals surface area contributed by atoms with Crippen LogP contribution in [0.5, 0.6) is 0 Å². The van der Waals surface area contributed by atoms with Crippen molar-refractivity contribution in [2.45, 2.75) is 322 Å². The van der Waals surface area contributed by atoms with E-state index in [0.29, 0.717) is 19.3 Å². The molecule has 0 bridgehead atoms. The number of carbonyl (C=O) groups is 3. The number of carbonyl (C=O) groups excluding carboxylic acids is 3. The molecule has 0 aromatic rings. The highest BCUT2D eigenvalue weighted by Crippen LogP contribution is 2.17. The van der Waals surface area contributed by atoms with Gasteiger partial charge in [-0.05, 0) is 70.6 Å². The zero-order valence-electron chi connectivity index (χ0n) is 49.6. The second-order valence-corrected chi connectivity index (χ2v) is 21.3. The van der Waals surface area contributed by atoms with Crippen LogP contribution in [0.2, 0.25) is 0 Å². The monoisotopic (exact) mass is 1040 g/mol. The molecule has 6 heteroatoms. The highest BCUT2D eigenvalue weighted by atomic mass is 16.6. The number of ether oxygens (including phenoxy) is 3. The van der Waals surface area contributed by atoms with Crippen molar-refractivity contribution in [3.63, 3.8) is 0 Å². The first-order chi connectivity index (χ1) is 37.0. The molecule has 0 aromatic carbocycles. The molecule has 0 amide bonds. The molecule has 0 aromatic heterocycles. The normalized spacial score (nSPS) is 12.6. The van der Waals surface area contributed by atoms with E-state index in [0.717, 1.165) is 89.9 Å². The van der Waals surface area contributed by atoms with E-state index in [1.165, 1.54) is 180 Å². The Balaban J connectivity index is 4.44. The highest BCUT2D eigenvalue weighted by molar-refractivity contribution is 5.71. The molecular weight excluding hydrogens is 925 g/mol. The molecule has 1 unspecified atom stereocenters. The summed E-state index contributed by atoms with van der Waals surface area (Å²) in [5.74, 6) is -0.935. The summed E-state index contributed by atoms with van der Waals surface area (Å²) in [5, 5.41) is 0. The predicted molar refractivity (Wildman–Crippen MR) is 325 cm³/mol. The number of rotatable bonds is 58. The lowest BCUT2D eigenvalue weighted by Gasteiger charge is -2.18. The van der Waals surface area contributed by atoms with E-state index in [4.69, 9.17) is 14.2 Å². The van der Waals surface area contributed by atoms with Crippen molar-refractivity contribution in [2.75, 3.05) is 13.2 Å². The summed E-state index contributed by atoms with van der Waals surface area (Å²) in [5.41, 5.74) is 0. The Morgan fingerprint density at radius 2 is 0.520 bits per heavy atom. The van der Waals surface area contributed by atoms with E-state index < -0.39 is 6.10 Å². The van der Waals surface area contributed by atoms with E-state index >= 15 is 0 Å². The molecule has 6 nitrogen and oxygen atoms in total. The summed E-state index contributed by atoms with van der Waals surface area (Å²) >= 11 is 0. The van der Waals surface area contributed by atoms with Gasteiger partial charge in [-0.25, -0.2) is 0 Å². The minimum absolute atomic E-state index is 0.0901. The van der Waals surface area contributed by atoms with Crippen molar-refractivity contribution >= 4 is 17.9 Å². The molecule has 75 heavy (non-hydrogen) atoms. The molecule has 0 N–H and O–H groups in total. The van der Waals surface area contributed by atoms with Crippen LogP contribution in [0, 0.1) is 0 Å². The van der Waals surface area contributed by atoms with Crippen molar-refractivity contribution in [3.05, 3.63) is 85.1 Å². The van der Waals surface area contributed by atoms with Crippen molar-refractivity contribution in [1.29, 1.82) is 0 Å². The molecule has 0 heterocycles. The molecule has 0 saturated carbocycles. The third-order valence-corrected chi connectivity index (χ3v) is 13.9. The minimum Gasteiger partial charge on any atom is -0.462 e. The van der Waals surface area contributed by atoms with Crippen LogP contribution >= 0.6 is 0 Å². The molecule has 0 aliphatic rings. The summed E-state index contributed by atoms with van der Waals surface area (Å²) in [6.45, 7) is 6.52. The van der Waals surface area contributed by atoms with Crippen LogP contribution in [0.15, 0.2) is 85.1 Å². The van der Waals surface area contributed by atoms with Gasteiger partial charge in [0, 0.05) is 19.3 Å². The lowest BCUT2D eigenvalue weighted by Crippen LogP contribution is -2.30. The smallest absolute Gasteiger partial charge is 0.306 e. The average Bonchev–Trinajstić information content (AvgIpc) is 3.41. The number of unbranched alkanes of at least 4 members (excludes halogenated alkanes) is 33. The molecule has 0 radical (unpaired) electrons. The highest BCUT2D eigenvalue weighted by Gasteiger charge is 2.19. The first-order valence-corrected chi connectivity index (χ1v) is 32.1. The quantitative estimate of drug-likeness (QED) is 0.0261. The predicted octanol–water partition coefficient (Wildman–Crippen LogP) is 21.9. The fraction of sp³-hybridized carbons (Fsp3) is 0.754. The standard InChI is InChI=1S/C69H120O6/c1-4-7-10-13-16-19-22-25-28-31-33-34-35-36-37-39-41-44-47-50-53-56-59-62-68(71)74-65-66(64-73-67(70)61-58-55-52-49-46-43-40-30-27-24-21-18-15-12-9-6-3)75-69(72)63-60-57-54-51-48-45-42-38-32-29-26-23-20-17-14-11-8-5-2/h7,10,16,19,25,28,33-34,36-37,41,44,50,53,66H,4-6,8-9,11-15,17-18,20-24,26-27,29-32,35,38-40,42-43,45-49,51-52,54-65H2,1-3H3/b10-7-,19-16-,28-25-,34-33-,37-36-,44-41-,53-50-. The van der Waals surface area contributed by atoms with Gasteiger partial charge in [-0.15, -0.1) is 0 Å². The van der Waals surface area contributed by atoms with E-state index in [1.807, 2.05) is 0 Å². The fourth-order valence-electron chi connectivity index (χ4n) is 9.14. The topological polar surface area (TPSA) is 78.9 Å². The number of allylic oxidation sites excluding steroid dienone is 14. The van der Waals surface area contributed by atoms with Gasteiger partial charge in [0.15, 0.2) is 6.10 Å². The SMILES string of the molecule is CC/C=C\C/C=C\C/C=C\C/C=C\C/C=C\C/C=C\C/C=C\CCCC(=O)OCC(COC(=O)CCCCCCCCCCCCCCCCCC)OC(=O)CCCCCCCCCCCCCCCCCCCC. The second-order valence-electron chi connectivity index (χ2n) is 21.3. The van der Waals surface area contributed by atoms with Crippen molar-refractivity contribution in [2.24, 2.45) is 0 Å². The summed E-state index contributed by atoms with van der Waals surface area (Å²) in [6.07, 6.45) is 83.0. The van der Waals surface area contributed by atoms with Gasteiger partial charge in [0.1, 0.15) is 13.2 Å². The van der Waals surface area contributed by atoms with Crippen LogP contribution in [0.25, 0.3) is 0 Å². The molecule has 0 saturated heterocycles. The van der Waals surface area contributed by atoms with E-state index in [9.17, 15) is 14.4 Å². The summed E-state index contributed by atoms with van der Waals surface area (Å²) < 4.78 is 16.9. The summed E-state index contributed by atoms with van der Waals surface area (Å²) in [7, 11) is 0. The molecule has 0 fully saturated rings. The van der Waals surface area contributed by atoms with Crippen LogP contribution in [0.4, 0.5) is 0 Å². The minimum atomic E-state index is -0.798. The molecule has 432 valence electrons. The van der Waals surface area contributed by atoms with Crippen LogP contribution in [-0.4, -0.2) is 37.2 Å². The van der Waals surface area contributed by atoms with Gasteiger partial charge in [-0.1, -0.05) is 311 Å². The summed E-state index contributed by atoms with van der Waals surface area (Å²) in [6, 6.07) is 0. The van der Waals surface area contributed by atoms with Gasteiger partial charge in [0.05, 0.1) is 0 Å². The van der Waals surface area contributed by atoms with E-state index in [1.54, 1.807) is 0 Å². The number of hydrogen-bond acceptors (Lipinski definition) is 6. The first kappa shape index (κ1) is 71.6. The Morgan fingerprint density at radius 3 is 0.813 bits per heavy atom. The van der Waals surface area contributed by atoms with E-state index in [-0.39, 0.29) is 37.5 Å². The molecule has 0 aliphatic carbocycles. The maximum absolute atomic E-state index is 12.9. The van der Waals surface area contributed by atoms with Gasteiger partial charge in [-0.3, -0.25) is 14.4 Å². The Bertz CT molecular complexity index is 1430. The lowest BCUT2D eigenvalue weighted by molar-refractivity contribution is -0.167. The maximum atomic E-state index is 12.9. The van der Waals surface area contributed by atoms with Gasteiger partial charge in [0.25, 0.3) is 0 Å². The van der Waals surface area contributed by atoms with Gasteiger partial charge in [0.2, 0.25) is 0 Å². The third-order valence-electron chi connectivity index (χ3n) is 13.9. The second kappa shape index (κ2) is 63.1. The Morgan fingerprint density at radius 1 is 0.280 bits per heavy atom. The Kier molecular flexibility index (Phi) is 60.3. The molecule has 0 rings (SSSR count). The van der Waals surface area contributed by atoms with Crippen molar-refractivity contribution in [3.8, 4) is 0 Å². The number of esters is 3. The lowest BCUT2D eigenvalue weighted by atomic mass is 10.0. The third kappa shape index (κ3) is 61.3. The Labute approximate surface area is 465 Å². The van der Waals surface area contributed by atoms with Crippen molar-refractivity contribution in [1.82, 2.24) is 0 Å². The van der Waals surface area contributed by atoms with Crippen molar-refractivity contribution < 1.29 is 28.6 Å². The van der Waals surface area contributed by atoms with Crippen LogP contribution in [-0.2, 0) is 28.6 Å². The maximum Gasteiger partial charge on any atom is 0.306 e. The van der Waals surface area contributed by atoms with Gasteiger partial charge < -0.3 is 14.2 Å². The first-order valence-electron chi connectivity index (χ1n) is 32.1. The average molecular weight is 1050 g/mol. The molecule has 0 aliphatic heterocycles. The largest absolute Gasteiger partial charge is 0.462 e. The molecular formula is C69H120O6. The van der Waals surface area contributed by atoms with Gasteiger partial charge in [-0.2, -0.15) is 0 Å². The zero-order valence-corrected chi connectivity index (χ0v) is 49.6. The molecule has 0 spiro atoms. The summed E-state index contributed by atoms with van der Waals surface area (Å²) in [4.78, 5) is 38.3. The number of hydrogen-bond donors (Lipinski definition) is 0.